The highest BCUT2D eigenvalue weighted by molar-refractivity contribution is 7.89. The van der Waals surface area contributed by atoms with Crippen LogP contribution in [0, 0.1) is 6.92 Å². The smallest absolute Gasteiger partial charge is 0.242 e. The van der Waals surface area contributed by atoms with Gasteiger partial charge in [0.25, 0.3) is 0 Å². The first-order valence-corrected chi connectivity index (χ1v) is 9.84. The van der Waals surface area contributed by atoms with Gasteiger partial charge >= 0.3 is 0 Å². The summed E-state index contributed by atoms with van der Waals surface area (Å²) in [5, 5.41) is 4.00. The molecule has 0 aliphatic heterocycles. The molecule has 0 aromatic carbocycles. The van der Waals surface area contributed by atoms with Crippen LogP contribution in [0.25, 0.3) is 0 Å². The van der Waals surface area contributed by atoms with Gasteiger partial charge in [0.1, 0.15) is 4.90 Å². The standard InChI is InChI=1S/C17H17N3O2S2/c1-13-4-2-8-19-17(13)16(10-14-6-9-23-12-14)20-24(21,22)15-5-3-7-18-11-15/h2-9,11-12,16,20H,10H2,1H3. The van der Waals surface area contributed by atoms with Gasteiger partial charge in [-0.25, -0.2) is 13.1 Å². The van der Waals surface area contributed by atoms with Crippen LogP contribution < -0.4 is 4.72 Å². The highest BCUT2D eigenvalue weighted by Gasteiger charge is 2.24. The number of thiophene rings is 1. The van der Waals surface area contributed by atoms with E-state index < -0.39 is 16.1 Å². The Labute approximate surface area is 145 Å². The van der Waals surface area contributed by atoms with E-state index in [-0.39, 0.29) is 4.90 Å². The topological polar surface area (TPSA) is 72.0 Å². The fraction of sp³-hybridized carbons (Fsp3) is 0.176. The number of rotatable bonds is 6. The molecule has 0 fully saturated rings. The Morgan fingerprint density at radius 1 is 1.21 bits per heavy atom. The van der Waals surface area contributed by atoms with Crippen molar-refractivity contribution in [3.8, 4) is 0 Å². The molecule has 124 valence electrons. The normalized spacial score (nSPS) is 12.9. The van der Waals surface area contributed by atoms with Crippen molar-refractivity contribution in [2.24, 2.45) is 0 Å². The van der Waals surface area contributed by atoms with Gasteiger partial charge in [0.05, 0.1) is 11.7 Å². The molecule has 0 aliphatic carbocycles. The first-order chi connectivity index (χ1) is 11.6. The third kappa shape index (κ3) is 3.87. The Kier molecular flexibility index (Phi) is 5.03. The summed E-state index contributed by atoms with van der Waals surface area (Å²) in [7, 11) is -3.68. The van der Waals surface area contributed by atoms with Crippen LogP contribution in [-0.2, 0) is 16.4 Å². The van der Waals surface area contributed by atoms with Gasteiger partial charge in [0.15, 0.2) is 0 Å². The van der Waals surface area contributed by atoms with Crippen LogP contribution in [0.1, 0.15) is 22.9 Å². The second-order valence-corrected chi connectivity index (χ2v) is 7.90. The van der Waals surface area contributed by atoms with Crippen LogP contribution in [0.3, 0.4) is 0 Å². The number of sulfonamides is 1. The maximum absolute atomic E-state index is 12.7. The summed E-state index contributed by atoms with van der Waals surface area (Å²) in [4.78, 5) is 8.44. The van der Waals surface area contributed by atoms with E-state index in [1.165, 1.54) is 12.3 Å². The minimum atomic E-state index is -3.68. The summed E-state index contributed by atoms with van der Waals surface area (Å²) in [5.41, 5.74) is 2.76. The van der Waals surface area contributed by atoms with E-state index in [9.17, 15) is 8.42 Å². The van der Waals surface area contributed by atoms with E-state index in [1.54, 1.807) is 29.8 Å². The molecule has 7 heteroatoms. The number of nitrogens with zero attached hydrogens (tertiary/aromatic N) is 2. The highest BCUT2D eigenvalue weighted by atomic mass is 32.2. The van der Waals surface area contributed by atoms with Crippen LogP contribution in [0.2, 0.25) is 0 Å². The van der Waals surface area contributed by atoms with Crippen molar-refractivity contribution in [1.29, 1.82) is 0 Å². The Morgan fingerprint density at radius 3 is 2.71 bits per heavy atom. The third-order valence-corrected chi connectivity index (χ3v) is 5.83. The molecule has 0 bridgehead atoms. The maximum Gasteiger partial charge on any atom is 0.242 e. The summed E-state index contributed by atoms with van der Waals surface area (Å²) in [6.07, 6.45) is 5.11. The van der Waals surface area contributed by atoms with E-state index in [1.807, 2.05) is 35.9 Å². The number of aryl methyl sites for hydroxylation is 1. The summed E-state index contributed by atoms with van der Waals surface area (Å²) >= 11 is 1.59. The molecule has 1 atom stereocenters. The van der Waals surface area contributed by atoms with Crippen molar-refractivity contribution < 1.29 is 8.42 Å². The molecular weight excluding hydrogens is 342 g/mol. The molecule has 5 nitrogen and oxygen atoms in total. The molecule has 0 saturated heterocycles. The summed E-state index contributed by atoms with van der Waals surface area (Å²) in [5.74, 6) is 0. The summed E-state index contributed by atoms with van der Waals surface area (Å²) < 4.78 is 28.1. The van der Waals surface area contributed by atoms with E-state index in [4.69, 9.17) is 0 Å². The Morgan fingerprint density at radius 2 is 2.04 bits per heavy atom. The second-order valence-electron chi connectivity index (χ2n) is 5.40. The van der Waals surface area contributed by atoms with Gasteiger partial charge in [0.2, 0.25) is 10.0 Å². The third-order valence-electron chi connectivity index (χ3n) is 3.64. The minimum absolute atomic E-state index is 0.147. The van der Waals surface area contributed by atoms with Crippen LogP contribution in [0.5, 0.6) is 0 Å². The van der Waals surface area contributed by atoms with Crippen molar-refractivity contribution in [3.05, 3.63) is 76.5 Å². The van der Waals surface area contributed by atoms with Crippen molar-refractivity contribution in [2.45, 2.75) is 24.3 Å². The molecular formula is C17H17N3O2S2. The quantitative estimate of drug-likeness (QED) is 0.734. The molecule has 3 heterocycles. The van der Waals surface area contributed by atoms with Gasteiger partial charge in [-0.2, -0.15) is 11.3 Å². The number of pyridine rings is 2. The van der Waals surface area contributed by atoms with Crippen LogP contribution in [0.4, 0.5) is 0 Å². The van der Waals surface area contributed by atoms with Crippen molar-refractivity contribution in [1.82, 2.24) is 14.7 Å². The number of hydrogen-bond acceptors (Lipinski definition) is 5. The van der Waals surface area contributed by atoms with Gasteiger partial charge in [-0.1, -0.05) is 6.07 Å². The van der Waals surface area contributed by atoms with Gasteiger partial charge in [-0.05, 0) is 59.5 Å². The minimum Gasteiger partial charge on any atom is -0.263 e. The molecule has 3 aromatic heterocycles. The summed E-state index contributed by atoms with van der Waals surface area (Å²) in [6, 6.07) is 8.47. The summed E-state index contributed by atoms with van der Waals surface area (Å²) in [6.45, 7) is 1.93. The fourth-order valence-corrected chi connectivity index (χ4v) is 4.31. The average molecular weight is 359 g/mol. The van der Waals surface area contributed by atoms with Gasteiger partial charge < -0.3 is 0 Å². The average Bonchev–Trinajstić information content (AvgIpc) is 3.08. The number of nitrogens with one attached hydrogen (secondary N) is 1. The predicted molar refractivity (Wildman–Crippen MR) is 94.3 cm³/mol. The molecule has 0 radical (unpaired) electrons. The van der Waals surface area contributed by atoms with E-state index in [0.29, 0.717) is 6.42 Å². The number of aromatic nitrogens is 2. The zero-order valence-corrected chi connectivity index (χ0v) is 14.7. The fourth-order valence-electron chi connectivity index (χ4n) is 2.46. The van der Waals surface area contributed by atoms with Crippen molar-refractivity contribution >= 4 is 21.4 Å². The molecule has 0 spiro atoms. The van der Waals surface area contributed by atoms with Crippen LogP contribution in [0.15, 0.2) is 64.6 Å². The largest absolute Gasteiger partial charge is 0.263 e. The molecule has 3 aromatic rings. The molecule has 24 heavy (non-hydrogen) atoms. The number of hydrogen-bond donors (Lipinski definition) is 1. The Hall–Kier alpha value is -2.09. The lowest BCUT2D eigenvalue weighted by molar-refractivity contribution is 0.548. The second kappa shape index (κ2) is 7.21. The van der Waals surface area contributed by atoms with Crippen molar-refractivity contribution in [2.75, 3.05) is 0 Å². The highest BCUT2D eigenvalue weighted by Crippen LogP contribution is 2.23. The molecule has 3 rings (SSSR count). The van der Waals surface area contributed by atoms with Gasteiger partial charge in [0, 0.05) is 18.6 Å². The lowest BCUT2D eigenvalue weighted by Gasteiger charge is -2.19. The molecule has 0 saturated carbocycles. The zero-order chi connectivity index (χ0) is 17.0. The SMILES string of the molecule is Cc1cccnc1C(Cc1ccsc1)NS(=O)(=O)c1cccnc1. The molecule has 0 amide bonds. The predicted octanol–water partition coefficient (Wildman–Crippen LogP) is 3.11. The van der Waals surface area contributed by atoms with Crippen LogP contribution in [-0.4, -0.2) is 18.4 Å². The first-order valence-electron chi connectivity index (χ1n) is 7.41. The zero-order valence-electron chi connectivity index (χ0n) is 13.1. The van der Waals surface area contributed by atoms with Crippen LogP contribution >= 0.6 is 11.3 Å². The van der Waals surface area contributed by atoms with Crippen molar-refractivity contribution in [3.63, 3.8) is 0 Å². The Balaban J connectivity index is 1.95. The maximum atomic E-state index is 12.7. The van der Waals surface area contributed by atoms with Gasteiger partial charge in [-0.3, -0.25) is 9.97 Å². The Bertz CT molecular complexity index is 895. The van der Waals surface area contributed by atoms with E-state index >= 15 is 0 Å². The van der Waals surface area contributed by atoms with E-state index in [2.05, 4.69) is 14.7 Å². The molecule has 0 aliphatic rings. The molecule has 1 unspecified atom stereocenters. The monoisotopic (exact) mass is 359 g/mol. The lowest BCUT2D eigenvalue weighted by atomic mass is 10.0. The molecule has 1 N–H and O–H groups in total. The van der Waals surface area contributed by atoms with E-state index in [0.717, 1.165) is 16.8 Å². The van der Waals surface area contributed by atoms with Gasteiger partial charge in [-0.15, -0.1) is 0 Å². The first kappa shape index (κ1) is 16.8. The lowest BCUT2D eigenvalue weighted by Crippen LogP contribution is -2.31.